The highest BCUT2D eigenvalue weighted by Gasteiger charge is 2.35. The normalized spacial score (nSPS) is 15.5. The fourth-order valence-corrected chi connectivity index (χ4v) is 2.95. The number of carbonyl (C=O) groups excluding carboxylic acids is 2. The summed E-state index contributed by atoms with van der Waals surface area (Å²) in [5.74, 6) is -0.317. The van der Waals surface area contributed by atoms with Crippen LogP contribution in [-0.4, -0.2) is 11.9 Å². The van der Waals surface area contributed by atoms with E-state index in [1.54, 1.807) is 48.5 Å². The fraction of sp³-hybridized carbons (Fsp3) is 0. The molecule has 0 aliphatic carbocycles. The predicted octanol–water partition coefficient (Wildman–Crippen LogP) is 4.84. The van der Waals surface area contributed by atoms with E-state index in [1.807, 2.05) is 0 Å². The summed E-state index contributed by atoms with van der Waals surface area (Å²) in [6.45, 7) is 0. The van der Waals surface area contributed by atoms with Crippen molar-refractivity contribution in [2.45, 2.75) is 0 Å². The van der Waals surface area contributed by atoms with Crippen molar-refractivity contribution in [2.75, 3.05) is 4.90 Å². The van der Waals surface area contributed by atoms with Crippen LogP contribution in [0.4, 0.5) is 14.9 Å². The molecular formula is C20H12ClFN2O3. The molecule has 2 heterocycles. The first kappa shape index (κ1) is 17.1. The summed E-state index contributed by atoms with van der Waals surface area (Å²) >= 11 is 5.93. The second-order valence-electron chi connectivity index (χ2n) is 5.79. The Morgan fingerprint density at radius 3 is 2.63 bits per heavy atom. The van der Waals surface area contributed by atoms with Crippen molar-refractivity contribution >= 4 is 35.3 Å². The summed E-state index contributed by atoms with van der Waals surface area (Å²) in [5, 5.41) is 2.91. The van der Waals surface area contributed by atoms with Crippen LogP contribution >= 0.6 is 11.6 Å². The van der Waals surface area contributed by atoms with Gasteiger partial charge in [0, 0.05) is 11.1 Å². The molecule has 0 saturated carbocycles. The lowest BCUT2D eigenvalue weighted by molar-refractivity contribution is -0.113. The van der Waals surface area contributed by atoms with E-state index in [4.69, 9.17) is 16.0 Å². The molecule has 4 rings (SSSR count). The summed E-state index contributed by atoms with van der Waals surface area (Å²) in [4.78, 5) is 25.8. The van der Waals surface area contributed by atoms with Gasteiger partial charge in [-0.2, -0.15) is 0 Å². The molecule has 1 aromatic heterocycles. The number of hydrogen-bond donors (Lipinski definition) is 1. The lowest BCUT2D eigenvalue weighted by Gasteiger charge is -2.11. The Balaban J connectivity index is 1.63. The Morgan fingerprint density at radius 1 is 1.04 bits per heavy atom. The van der Waals surface area contributed by atoms with Crippen LogP contribution in [0, 0.1) is 5.82 Å². The van der Waals surface area contributed by atoms with Gasteiger partial charge in [0.05, 0.1) is 11.3 Å². The van der Waals surface area contributed by atoms with Crippen LogP contribution in [0.25, 0.3) is 17.4 Å². The molecule has 134 valence electrons. The molecular weight excluding hydrogens is 371 g/mol. The van der Waals surface area contributed by atoms with Crippen LogP contribution in [0.15, 0.2) is 70.8 Å². The van der Waals surface area contributed by atoms with Crippen LogP contribution in [0.1, 0.15) is 5.76 Å². The van der Waals surface area contributed by atoms with Gasteiger partial charge in [-0.25, -0.2) is 14.1 Å². The molecule has 0 radical (unpaired) electrons. The topological polar surface area (TPSA) is 62.6 Å². The number of hydrogen-bond acceptors (Lipinski definition) is 3. The minimum absolute atomic E-state index is 0.0504. The van der Waals surface area contributed by atoms with Crippen LogP contribution in [0.5, 0.6) is 0 Å². The largest absolute Gasteiger partial charge is 0.457 e. The van der Waals surface area contributed by atoms with Gasteiger partial charge in [0.2, 0.25) is 0 Å². The van der Waals surface area contributed by atoms with Gasteiger partial charge in [0.15, 0.2) is 0 Å². The van der Waals surface area contributed by atoms with Crippen molar-refractivity contribution in [3.63, 3.8) is 0 Å². The molecule has 3 aromatic rings. The molecule has 0 unspecified atom stereocenters. The summed E-state index contributed by atoms with van der Waals surface area (Å²) in [6, 6.07) is 15.2. The quantitative estimate of drug-likeness (QED) is 0.521. The lowest BCUT2D eigenvalue weighted by Crippen LogP contribution is -2.30. The SMILES string of the molecule is O=C1N/C(=C/c2ccc(-c3ccccc3F)o2)C(=O)N1c1cccc(Cl)c1. The fourth-order valence-electron chi connectivity index (χ4n) is 2.76. The number of amides is 3. The number of rotatable bonds is 3. The maximum Gasteiger partial charge on any atom is 0.333 e. The van der Waals surface area contributed by atoms with Crippen molar-refractivity contribution < 1.29 is 18.4 Å². The first-order chi connectivity index (χ1) is 13.0. The van der Waals surface area contributed by atoms with Crippen molar-refractivity contribution in [2.24, 2.45) is 0 Å². The number of nitrogens with one attached hydrogen (secondary N) is 1. The molecule has 5 nitrogen and oxygen atoms in total. The maximum atomic E-state index is 13.9. The Labute approximate surface area is 158 Å². The zero-order valence-corrected chi connectivity index (χ0v) is 14.5. The molecule has 7 heteroatoms. The highest BCUT2D eigenvalue weighted by molar-refractivity contribution is 6.32. The van der Waals surface area contributed by atoms with Gasteiger partial charge >= 0.3 is 6.03 Å². The third kappa shape index (κ3) is 3.22. The average molecular weight is 383 g/mol. The monoisotopic (exact) mass is 382 g/mol. The Hall–Kier alpha value is -3.38. The van der Waals surface area contributed by atoms with E-state index in [-0.39, 0.29) is 5.70 Å². The molecule has 1 fully saturated rings. The highest BCUT2D eigenvalue weighted by Crippen LogP contribution is 2.28. The van der Waals surface area contributed by atoms with E-state index >= 15 is 0 Å². The maximum absolute atomic E-state index is 13.9. The third-order valence-corrected chi connectivity index (χ3v) is 4.23. The number of benzene rings is 2. The van der Waals surface area contributed by atoms with Gasteiger partial charge in [-0.05, 0) is 42.5 Å². The highest BCUT2D eigenvalue weighted by atomic mass is 35.5. The van der Waals surface area contributed by atoms with Crippen LogP contribution in [0.3, 0.4) is 0 Å². The van der Waals surface area contributed by atoms with Gasteiger partial charge in [0.25, 0.3) is 5.91 Å². The first-order valence-electron chi connectivity index (χ1n) is 8.00. The van der Waals surface area contributed by atoms with E-state index in [9.17, 15) is 14.0 Å². The van der Waals surface area contributed by atoms with Crippen molar-refractivity contribution in [3.8, 4) is 11.3 Å². The van der Waals surface area contributed by atoms with E-state index in [0.29, 0.717) is 27.8 Å². The summed E-state index contributed by atoms with van der Waals surface area (Å²) in [6.07, 6.45) is 1.40. The molecule has 1 saturated heterocycles. The number of urea groups is 1. The van der Waals surface area contributed by atoms with Crippen molar-refractivity contribution in [3.05, 3.63) is 83.0 Å². The molecule has 1 aliphatic heterocycles. The number of carbonyl (C=O) groups is 2. The minimum Gasteiger partial charge on any atom is -0.457 e. The lowest BCUT2D eigenvalue weighted by atomic mass is 10.1. The van der Waals surface area contributed by atoms with Gasteiger partial charge in [-0.3, -0.25) is 4.79 Å². The van der Waals surface area contributed by atoms with Crippen LogP contribution in [0.2, 0.25) is 5.02 Å². The Kier molecular flexibility index (Phi) is 4.25. The van der Waals surface area contributed by atoms with Crippen LogP contribution in [-0.2, 0) is 4.79 Å². The van der Waals surface area contributed by atoms with Gasteiger partial charge in [0.1, 0.15) is 23.0 Å². The molecule has 0 bridgehead atoms. The van der Waals surface area contributed by atoms with E-state index < -0.39 is 17.8 Å². The second kappa shape index (κ2) is 6.74. The van der Waals surface area contributed by atoms with Gasteiger partial charge in [-0.15, -0.1) is 0 Å². The zero-order valence-electron chi connectivity index (χ0n) is 13.8. The number of furan rings is 1. The number of halogens is 2. The molecule has 0 atom stereocenters. The van der Waals surface area contributed by atoms with Crippen molar-refractivity contribution in [1.29, 1.82) is 0 Å². The van der Waals surface area contributed by atoms with Crippen LogP contribution < -0.4 is 10.2 Å². The zero-order chi connectivity index (χ0) is 19.0. The molecule has 1 N–H and O–H groups in total. The minimum atomic E-state index is -0.589. The number of imide groups is 1. The third-order valence-electron chi connectivity index (χ3n) is 4.00. The molecule has 2 aromatic carbocycles. The number of nitrogens with zero attached hydrogens (tertiary/aromatic N) is 1. The molecule has 3 amide bonds. The van der Waals surface area contributed by atoms with E-state index in [2.05, 4.69) is 5.32 Å². The predicted molar refractivity (Wildman–Crippen MR) is 99.5 cm³/mol. The van der Waals surface area contributed by atoms with Crippen molar-refractivity contribution in [1.82, 2.24) is 5.32 Å². The second-order valence-corrected chi connectivity index (χ2v) is 6.23. The van der Waals surface area contributed by atoms with Gasteiger partial charge in [-0.1, -0.05) is 29.8 Å². The molecule has 27 heavy (non-hydrogen) atoms. The summed E-state index contributed by atoms with van der Waals surface area (Å²) in [7, 11) is 0. The smallest absolute Gasteiger partial charge is 0.333 e. The Morgan fingerprint density at radius 2 is 1.85 bits per heavy atom. The van der Waals surface area contributed by atoms with E-state index in [1.165, 1.54) is 18.2 Å². The Bertz CT molecular complexity index is 1090. The average Bonchev–Trinajstić information content (AvgIpc) is 3.20. The summed E-state index contributed by atoms with van der Waals surface area (Å²) in [5.41, 5.74) is 0.721. The first-order valence-corrected chi connectivity index (χ1v) is 8.38. The number of anilines is 1. The summed E-state index contributed by atoms with van der Waals surface area (Å²) < 4.78 is 19.5. The molecule has 0 spiro atoms. The van der Waals surface area contributed by atoms with E-state index in [0.717, 1.165) is 4.90 Å². The molecule has 1 aliphatic rings. The standard InChI is InChI=1S/C20H12ClFN2O3/c21-12-4-3-5-13(10-12)24-19(25)17(23-20(24)26)11-14-8-9-18(27-14)15-6-1-2-7-16(15)22/h1-11H,(H,23,26)/b17-11+. The van der Waals surface area contributed by atoms with Gasteiger partial charge < -0.3 is 9.73 Å².